The zero-order valence-corrected chi connectivity index (χ0v) is 14.2. The summed E-state index contributed by atoms with van der Waals surface area (Å²) in [6.07, 6.45) is 0. The molecule has 4 heteroatoms. The van der Waals surface area contributed by atoms with Crippen molar-refractivity contribution in [3.8, 4) is 0 Å². The first-order valence-corrected chi connectivity index (χ1v) is 8.04. The fraction of sp³-hybridized carbons (Fsp3) is 0.231. The Hall–Kier alpha value is 0.170. The van der Waals surface area contributed by atoms with E-state index in [4.69, 9.17) is 11.6 Å². The maximum Gasteiger partial charge on any atom is 0.0846 e. The third-order valence-electron chi connectivity index (χ3n) is 2.70. The Labute approximate surface area is 127 Å². The molecule has 0 N–H and O–H groups in total. The molecule has 1 atom stereocenters. The minimum absolute atomic E-state index is 0.0793. The quantitative estimate of drug-likeness (QED) is 0.531. The molecule has 0 aliphatic heterocycles. The molecule has 0 spiro atoms. The predicted molar refractivity (Wildman–Crippen MR) is 83.3 cm³/mol. The number of alkyl halides is 1. The van der Waals surface area contributed by atoms with Gasteiger partial charge in [-0.25, -0.2) is 0 Å². The van der Waals surface area contributed by atoms with Crippen LogP contribution in [0, 0.1) is 13.8 Å². The van der Waals surface area contributed by atoms with Gasteiger partial charge in [0.2, 0.25) is 0 Å². The Bertz CT molecular complexity index is 548. The molecule has 0 aliphatic carbocycles. The summed E-state index contributed by atoms with van der Waals surface area (Å²) in [6.45, 7) is 4.18. The van der Waals surface area contributed by atoms with Gasteiger partial charge in [-0.3, -0.25) is 0 Å². The summed E-state index contributed by atoms with van der Waals surface area (Å²) in [5.74, 6) is 0. The number of hydrogen-bond acceptors (Lipinski definition) is 1. The molecule has 0 amide bonds. The van der Waals surface area contributed by atoms with Gasteiger partial charge in [-0.05, 0) is 69.5 Å². The first-order valence-electron chi connectivity index (χ1n) is 5.13. The van der Waals surface area contributed by atoms with Crippen molar-refractivity contribution in [1.82, 2.24) is 0 Å². The lowest BCUT2D eigenvalue weighted by molar-refractivity contribution is 1.11. The van der Waals surface area contributed by atoms with Crippen LogP contribution < -0.4 is 0 Å². The molecule has 0 saturated heterocycles. The van der Waals surface area contributed by atoms with Crippen LogP contribution in [0.4, 0.5) is 0 Å². The first-order chi connectivity index (χ1) is 7.99. The summed E-state index contributed by atoms with van der Waals surface area (Å²) in [5.41, 5.74) is 4.75. The molecule has 1 unspecified atom stereocenters. The third kappa shape index (κ3) is 2.95. The molecule has 17 heavy (non-hydrogen) atoms. The van der Waals surface area contributed by atoms with E-state index in [1.54, 1.807) is 11.3 Å². The highest BCUT2D eigenvalue weighted by atomic mass is 79.9. The van der Waals surface area contributed by atoms with Crippen LogP contribution in [-0.4, -0.2) is 0 Å². The molecule has 0 nitrogen and oxygen atoms in total. The van der Waals surface area contributed by atoms with Crippen LogP contribution in [0.2, 0.25) is 0 Å². The lowest BCUT2D eigenvalue weighted by atomic mass is 10.00. The van der Waals surface area contributed by atoms with E-state index in [9.17, 15) is 0 Å². The molecule has 1 aromatic carbocycles. The third-order valence-corrected chi connectivity index (χ3v) is 5.56. The molecule has 90 valence electrons. The number of hydrogen-bond donors (Lipinski definition) is 0. The summed E-state index contributed by atoms with van der Waals surface area (Å²) < 4.78 is 2.25. The van der Waals surface area contributed by atoms with Crippen LogP contribution in [0.5, 0.6) is 0 Å². The first kappa shape index (κ1) is 13.6. The van der Waals surface area contributed by atoms with Crippen LogP contribution in [0.1, 0.15) is 27.6 Å². The van der Waals surface area contributed by atoms with Gasteiger partial charge in [0.25, 0.3) is 0 Å². The topological polar surface area (TPSA) is 0 Å². The highest BCUT2D eigenvalue weighted by Gasteiger charge is 2.15. The van der Waals surface area contributed by atoms with Crippen LogP contribution in [0.15, 0.2) is 31.8 Å². The Morgan fingerprint density at radius 1 is 1.12 bits per heavy atom. The lowest BCUT2D eigenvalue weighted by Crippen LogP contribution is -1.96. The summed E-state index contributed by atoms with van der Waals surface area (Å²) in [6, 6.07) is 6.36. The van der Waals surface area contributed by atoms with E-state index in [0.29, 0.717) is 0 Å². The molecule has 0 bridgehead atoms. The molecule has 1 aromatic heterocycles. The number of rotatable bonds is 2. The second-order valence-electron chi connectivity index (χ2n) is 4.00. The van der Waals surface area contributed by atoms with Crippen LogP contribution >= 0.6 is 54.8 Å². The van der Waals surface area contributed by atoms with Crippen LogP contribution in [-0.2, 0) is 0 Å². The van der Waals surface area contributed by atoms with Crippen molar-refractivity contribution in [1.29, 1.82) is 0 Å². The fourth-order valence-electron chi connectivity index (χ4n) is 1.71. The van der Waals surface area contributed by atoms with Gasteiger partial charge >= 0.3 is 0 Å². The molecule has 0 aliphatic rings. The summed E-state index contributed by atoms with van der Waals surface area (Å²) in [5, 5.41) is 2.02. The molecule has 0 fully saturated rings. The Kier molecular flexibility index (Phi) is 4.35. The van der Waals surface area contributed by atoms with Gasteiger partial charge in [-0.1, -0.05) is 22.0 Å². The molecule has 2 aromatic rings. The van der Waals surface area contributed by atoms with Crippen molar-refractivity contribution in [2.75, 3.05) is 0 Å². The van der Waals surface area contributed by atoms with Gasteiger partial charge in [0, 0.05) is 4.47 Å². The van der Waals surface area contributed by atoms with Crippen molar-refractivity contribution in [3.05, 3.63) is 54.1 Å². The smallest absolute Gasteiger partial charge is 0.0846 e. The van der Waals surface area contributed by atoms with Crippen molar-refractivity contribution in [3.63, 3.8) is 0 Å². The number of benzene rings is 1. The van der Waals surface area contributed by atoms with E-state index in [0.717, 1.165) is 13.8 Å². The summed E-state index contributed by atoms with van der Waals surface area (Å²) in [4.78, 5) is 0. The fourth-order valence-corrected chi connectivity index (χ4v) is 3.81. The standard InChI is InChI=1S/C13H11Br2ClS/c1-7-4-11(14)8(2)3-10(7)13(16)9-5-12(15)17-6-9/h3-6,13H,1-2H3. The van der Waals surface area contributed by atoms with E-state index in [1.165, 1.54) is 16.7 Å². The van der Waals surface area contributed by atoms with Gasteiger partial charge in [-0.2, -0.15) is 0 Å². The number of thiophene rings is 1. The Morgan fingerprint density at radius 3 is 2.41 bits per heavy atom. The predicted octanol–water partition coefficient (Wildman–Crippen LogP) is 6.22. The minimum Gasteiger partial charge on any atom is -0.136 e. The Balaban J connectivity index is 2.43. The van der Waals surface area contributed by atoms with Gasteiger partial charge in [-0.15, -0.1) is 22.9 Å². The normalized spacial score (nSPS) is 12.8. The van der Waals surface area contributed by atoms with Crippen molar-refractivity contribution in [2.45, 2.75) is 19.2 Å². The van der Waals surface area contributed by atoms with Crippen molar-refractivity contribution in [2.24, 2.45) is 0 Å². The maximum absolute atomic E-state index is 6.55. The summed E-state index contributed by atoms with van der Waals surface area (Å²) >= 11 is 15.2. The van der Waals surface area contributed by atoms with Gasteiger partial charge in [0.1, 0.15) is 0 Å². The molecular weight excluding hydrogens is 383 g/mol. The second kappa shape index (κ2) is 5.43. The maximum atomic E-state index is 6.55. The average molecular weight is 395 g/mol. The number of halogens is 3. The monoisotopic (exact) mass is 392 g/mol. The largest absolute Gasteiger partial charge is 0.136 e. The highest BCUT2D eigenvalue weighted by molar-refractivity contribution is 9.11. The van der Waals surface area contributed by atoms with Crippen LogP contribution in [0.25, 0.3) is 0 Å². The van der Waals surface area contributed by atoms with E-state index in [1.807, 2.05) is 0 Å². The highest BCUT2D eigenvalue weighted by Crippen LogP contribution is 2.36. The molecule has 0 radical (unpaired) electrons. The van der Waals surface area contributed by atoms with E-state index < -0.39 is 0 Å². The molecular formula is C13H11Br2ClS. The van der Waals surface area contributed by atoms with Crippen molar-refractivity contribution >= 4 is 54.8 Å². The van der Waals surface area contributed by atoms with Crippen LogP contribution in [0.3, 0.4) is 0 Å². The van der Waals surface area contributed by atoms with E-state index in [2.05, 4.69) is 69.3 Å². The van der Waals surface area contributed by atoms with E-state index in [-0.39, 0.29) is 5.38 Å². The van der Waals surface area contributed by atoms with Gasteiger partial charge < -0.3 is 0 Å². The zero-order valence-electron chi connectivity index (χ0n) is 9.43. The summed E-state index contributed by atoms with van der Waals surface area (Å²) in [7, 11) is 0. The second-order valence-corrected chi connectivity index (χ2v) is 7.59. The molecule has 2 rings (SSSR count). The van der Waals surface area contributed by atoms with Crippen molar-refractivity contribution < 1.29 is 0 Å². The van der Waals surface area contributed by atoms with Gasteiger partial charge in [0.15, 0.2) is 0 Å². The number of aryl methyl sites for hydroxylation is 2. The average Bonchev–Trinajstić information content (AvgIpc) is 2.69. The lowest BCUT2D eigenvalue weighted by Gasteiger charge is -2.13. The van der Waals surface area contributed by atoms with E-state index >= 15 is 0 Å². The Morgan fingerprint density at radius 2 is 1.82 bits per heavy atom. The van der Waals surface area contributed by atoms with Gasteiger partial charge in [0.05, 0.1) is 9.16 Å². The molecule has 0 saturated carbocycles. The molecule has 1 heterocycles. The SMILES string of the molecule is Cc1cc(C(Cl)c2csc(Br)c2)c(C)cc1Br. The zero-order chi connectivity index (χ0) is 12.6. The minimum atomic E-state index is -0.0793.